The average molecular weight is 249 g/mol. The molecule has 1 aromatic heterocycles. The van der Waals surface area contributed by atoms with E-state index in [1.54, 1.807) is 13.8 Å². The molecular formula is C9H16NO3PS. The first-order valence-electron chi connectivity index (χ1n) is 4.88. The van der Waals surface area contributed by atoms with Gasteiger partial charge in [-0.05, 0) is 20.8 Å². The van der Waals surface area contributed by atoms with Crippen LogP contribution in [0.15, 0.2) is 5.38 Å². The minimum absolute atomic E-state index is 0.263. The highest BCUT2D eigenvalue weighted by Crippen LogP contribution is 2.51. The molecule has 0 amide bonds. The van der Waals surface area contributed by atoms with Gasteiger partial charge in [0, 0.05) is 5.38 Å². The van der Waals surface area contributed by atoms with Crippen molar-refractivity contribution in [1.29, 1.82) is 0 Å². The van der Waals surface area contributed by atoms with E-state index >= 15 is 0 Å². The minimum Gasteiger partial charge on any atom is -0.309 e. The van der Waals surface area contributed by atoms with Crippen LogP contribution in [0.3, 0.4) is 0 Å². The zero-order valence-corrected chi connectivity index (χ0v) is 10.9. The molecule has 0 N–H and O–H groups in total. The largest absolute Gasteiger partial charge is 0.336 e. The van der Waals surface area contributed by atoms with E-state index in [2.05, 4.69) is 4.98 Å². The number of nitrogens with zero attached hydrogens (tertiary/aromatic N) is 1. The molecule has 0 fully saturated rings. The van der Waals surface area contributed by atoms with Gasteiger partial charge in [0.2, 0.25) is 0 Å². The Morgan fingerprint density at radius 2 is 2.00 bits per heavy atom. The quantitative estimate of drug-likeness (QED) is 0.726. The summed E-state index contributed by atoms with van der Waals surface area (Å²) in [7, 11) is -2.98. The Balaban J connectivity index is 2.70. The fraction of sp³-hybridized carbons (Fsp3) is 0.667. The Hall–Kier alpha value is -0.220. The molecule has 0 aliphatic carbocycles. The lowest BCUT2D eigenvalue weighted by atomic mass is 10.6. The van der Waals surface area contributed by atoms with Gasteiger partial charge in [0.1, 0.15) is 0 Å². The first-order valence-corrected chi connectivity index (χ1v) is 7.49. The first-order chi connectivity index (χ1) is 7.09. The molecule has 6 heteroatoms. The highest BCUT2D eigenvalue weighted by atomic mass is 32.1. The molecule has 15 heavy (non-hydrogen) atoms. The fourth-order valence-electron chi connectivity index (χ4n) is 1.20. The van der Waals surface area contributed by atoms with E-state index < -0.39 is 7.60 Å². The summed E-state index contributed by atoms with van der Waals surface area (Å²) in [6, 6.07) is 0. The summed E-state index contributed by atoms with van der Waals surface area (Å²) in [4.78, 5) is 4.25. The maximum atomic E-state index is 12.1. The Labute approximate surface area is 94.2 Å². The molecule has 0 aliphatic heterocycles. The van der Waals surface area contributed by atoms with Crippen molar-refractivity contribution in [2.45, 2.75) is 26.9 Å². The van der Waals surface area contributed by atoms with Crippen molar-refractivity contribution in [1.82, 2.24) is 4.98 Å². The summed E-state index contributed by atoms with van der Waals surface area (Å²) >= 11 is 1.54. The predicted octanol–water partition coefficient (Wildman–Crippen LogP) is 3.22. The Morgan fingerprint density at radius 1 is 1.40 bits per heavy atom. The Bertz CT molecular complexity index is 343. The maximum Gasteiger partial charge on any atom is 0.336 e. The van der Waals surface area contributed by atoms with Gasteiger partial charge in [0.05, 0.1) is 30.1 Å². The van der Waals surface area contributed by atoms with E-state index in [-0.39, 0.29) is 6.16 Å². The van der Waals surface area contributed by atoms with Crippen LogP contribution in [0.2, 0.25) is 0 Å². The Kier molecular flexibility index (Phi) is 4.93. The van der Waals surface area contributed by atoms with E-state index in [9.17, 15) is 4.57 Å². The summed E-state index contributed by atoms with van der Waals surface area (Å²) in [5.74, 6) is 0. The van der Waals surface area contributed by atoms with Crippen molar-refractivity contribution in [2.24, 2.45) is 0 Å². The van der Waals surface area contributed by atoms with Crippen LogP contribution in [0.4, 0.5) is 0 Å². The summed E-state index contributed by atoms with van der Waals surface area (Å²) < 4.78 is 22.5. The van der Waals surface area contributed by atoms with E-state index in [0.29, 0.717) is 13.2 Å². The standard InChI is InChI=1S/C9H16NO3PS/c1-4-12-14(11,13-5-2)6-9-7-15-8(3)10-9/h7H,4-6H2,1-3H3. The third-order valence-electron chi connectivity index (χ3n) is 1.67. The van der Waals surface area contributed by atoms with Gasteiger partial charge >= 0.3 is 7.60 Å². The van der Waals surface area contributed by atoms with Crippen LogP contribution in [0.5, 0.6) is 0 Å². The molecule has 0 unspecified atom stereocenters. The molecule has 0 aliphatic rings. The van der Waals surface area contributed by atoms with Crippen LogP contribution < -0.4 is 0 Å². The number of thiazole rings is 1. The number of aryl methyl sites for hydroxylation is 1. The molecule has 86 valence electrons. The average Bonchev–Trinajstić information content (AvgIpc) is 2.51. The van der Waals surface area contributed by atoms with E-state index in [0.717, 1.165) is 10.7 Å². The normalized spacial score (nSPS) is 11.9. The van der Waals surface area contributed by atoms with Gasteiger partial charge < -0.3 is 9.05 Å². The van der Waals surface area contributed by atoms with E-state index in [1.165, 1.54) is 11.3 Å². The van der Waals surface area contributed by atoms with Gasteiger partial charge in [0.15, 0.2) is 0 Å². The van der Waals surface area contributed by atoms with Gasteiger partial charge in [-0.1, -0.05) is 0 Å². The summed E-state index contributed by atoms with van der Waals surface area (Å²) in [6.45, 7) is 6.30. The smallest absolute Gasteiger partial charge is 0.309 e. The van der Waals surface area contributed by atoms with E-state index in [4.69, 9.17) is 9.05 Å². The van der Waals surface area contributed by atoms with Crippen LogP contribution in [0, 0.1) is 6.92 Å². The second-order valence-electron chi connectivity index (χ2n) is 2.96. The van der Waals surface area contributed by atoms with Crippen molar-refractivity contribution in [2.75, 3.05) is 13.2 Å². The monoisotopic (exact) mass is 249 g/mol. The molecule has 4 nitrogen and oxygen atoms in total. The van der Waals surface area contributed by atoms with Crippen molar-refractivity contribution < 1.29 is 13.6 Å². The molecule has 0 saturated heterocycles. The lowest BCUT2D eigenvalue weighted by Crippen LogP contribution is -1.99. The van der Waals surface area contributed by atoms with Crippen LogP contribution in [0.25, 0.3) is 0 Å². The van der Waals surface area contributed by atoms with Gasteiger partial charge in [-0.2, -0.15) is 0 Å². The third kappa shape index (κ3) is 4.03. The lowest BCUT2D eigenvalue weighted by Gasteiger charge is -2.15. The zero-order valence-electron chi connectivity index (χ0n) is 9.23. The molecular weight excluding hydrogens is 233 g/mol. The lowest BCUT2D eigenvalue weighted by molar-refractivity contribution is 0.219. The summed E-state index contributed by atoms with van der Waals surface area (Å²) in [6.07, 6.45) is 0.263. The summed E-state index contributed by atoms with van der Waals surface area (Å²) in [5, 5.41) is 2.85. The molecule has 0 spiro atoms. The second-order valence-corrected chi connectivity index (χ2v) is 6.08. The number of aromatic nitrogens is 1. The molecule has 1 heterocycles. The second kappa shape index (κ2) is 5.75. The van der Waals surface area contributed by atoms with Crippen LogP contribution in [0.1, 0.15) is 24.5 Å². The zero-order chi connectivity index (χ0) is 11.3. The highest BCUT2D eigenvalue weighted by Gasteiger charge is 2.25. The minimum atomic E-state index is -2.98. The molecule has 0 bridgehead atoms. The topological polar surface area (TPSA) is 48.4 Å². The molecule has 1 aromatic rings. The Morgan fingerprint density at radius 3 is 2.40 bits per heavy atom. The SMILES string of the molecule is CCOP(=O)(Cc1csc(C)n1)OCC. The fourth-order valence-corrected chi connectivity index (χ4v) is 3.54. The van der Waals surface area contributed by atoms with Crippen molar-refractivity contribution in [3.63, 3.8) is 0 Å². The third-order valence-corrected chi connectivity index (χ3v) is 4.51. The van der Waals surface area contributed by atoms with E-state index in [1.807, 2.05) is 12.3 Å². The highest BCUT2D eigenvalue weighted by molar-refractivity contribution is 7.53. The molecule has 0 aromatic carbocycles. The van der Waals surface area contributed by atoms with Gasteiger partial charge in [-0.3, -0.25) is 4.57 Å². The van der Waals surface area contributed by atoms with Crippen molar-refractivity contribution >= 4 is 18.9 Å². The van der Waals surface area contributed by atoms with Crippen LogP contribution in [-0.4, -0.2) is 18.2 Å². The van der Waals surface area contributed by atoms with Gasteiger partial charge in [-0.25, -0.2) is 4.98 Å². The number of hydrogen-bond donors (Lipinski definition) is 0. The number of hydrogen-bond acceptors (Lipinski definition) is 5. The molecule has 0 saturated carbocycles. The van der Waals surface area contributed by atoms with Crippen LogP contribution >= 0.6 is 18.9 Å². The molecule has 1 rings (SSSR count). The maximum absolute atomic E-state index is 12.1. The predicted molar refractivity (Wildman–Crippen MR) is 61.4 cm³/mol. The molecule has 0 radical (unpaired) electrons. The van der Waals surface area contributed by atoms with Crippen molar-refractivity contribution in [3.8, 4) is 0 Å². The molecule has 0 atom stereocenters. The summed E-state index contributed by atoms with van der Waals surface area (Å²) in [5.41, 5.74) is 0.780. The first kappa shape index (κ1) is 12.8. The number of rotatable bonds is 6. The van der Waals surface area contributed by atoms with Gasteiger partial charge in [0.25, 0.3) is 0 Å². The van der Waals surface area contributed by atoms with Crippen LogP contribution in [-0.2, 0) is 19.8 Å². The van der Waals surface area contributed by atoms with Crippen molar-refractivity contribution in [3.05, 3.63) is 16.1 Å². The van der Waals surface area contributed by atoms with Gasteiger partial charge in [-0.15, -0.1) is 11.3 Å².